The van der Waals surface area contributed by atoms with Crippen molar-refractivity contribution in [3.8, 4) is 0 Å². The van der Waals surface area contributed by atoms with Crippen molar-refractivity contribution in [1.82, 2.24) is 9.78 Å². The van der Waals surface area contributed by atoms with Crippen LogP contribution in [-0.2, 0) is 6.54 Å². The van der Waals surface area contributed by atoms with Crippen LogP contribution >= 0.6 is 27.5 Å². The lowest BCUT2D eigenvalue weighted by atomic mass is 10.2. The van der Waals surface area contributed by atoms with Crippen LogP contribution in [-0.4, -0.2) is 9.78 Å². The fourth-order valence-electron chi connectivity index (χ4n) is 1.51. The molecule has 0 unspecified atom stereocenters. The molecule has 0 aliphatic carbocycles. The largest absolute Gasteiger partial charge is 0.383 e. The maximum atomic E-state index is 13.6. The van der Waals surface area contributed by atoms with Crippen LogP contribution in [0.5, 0.6) is 0 Å². The van der Waals surface area contributed by atoms with Crippen LogP contribution in [0.1, 0.15) is 11.3 Å². The molecule has 17 heavy (non-hydrogen) atoms. The van der Waals surface area contributed by atoms with Crippen LogP contribution in [0.2, 0.25) is 5.02 Å². The van der Waals surface area contributed by atoms with Gasteiger partial charge in [-0.2, -0.15) is 5.10 Å². The Morgan fingerprint density at radius 1 is 1.53 bits per heavy atom. The fourth-order valence-corrected chi connectivity index (χ4v) is 1.98. The first-order chi connectivity index (χ1) is 7.99. The van der Waals surface area contributed by atoms with E-state index in [0.717, 1.165) is 0 Å². The first kappa shape index (κ1) is 12.4. The average molecular weight is 319 g/mol. The first-order valence-electron chi connectivity index (χ1n) is 4.91. The molecule has 6 heteroatoms. The minimum Gasteiger partial charge on any atom is -0.383 e. The minimum absolute atomic E-state index is 0.262. The van der Waals surface area contributed by atoms with Gasteiger partial charge in [-0.15, -0.1) is 0 Å². The van der Waals surface area contributed by atoms with Gasteiger partial charge in [-0.05, 0) is 19.1 Å². The second-order valence-corrected chi connectivity index (χ2v) is 4.97. The van der Waals surface area contributed by atoms with Crippen molar-refractivity contribution >= 4 is 33.3 Å². The number of halogens is 3. The topological polar surface area (TPSA) is 43.8 Å². The molecule has 1 heterocycles. The van der Waals surface area contributed by atoms with Crippen LogP contribution < -0.4 is 5.73 Å². The van der Waals surface area contributed by atoms with E-state index in [4.69, 9.17) is 17.3 Å². The number of hydrogen-bond acceptors (Lipinski definition) is 2. The Kier molecular flexibility index (Phi) is 3.40. The summed E-state index contributed by atoms with van der Waals surface area (Å²) in [4.78, 5) is 0. The smallest absolute Gasteiger partial charge is 0.141 e. The average Bonchev–Trinajstić information content (AvgIpc) is 2.50. The molecular weight excluding hydrogens is 308 g/mol. The first-order valence-corrected chi connectivity index (χ1v) is 6.08. The highest BCUT2D eigenvalue weighted by molar-refractivity contribution is 9.10. The van der Waals surface area contributed by atoms with Crippen LogP contribution in [0.25, 0.3) is 0 Å². The molecule has 2 N–H and O–H groups in total. The van der Waals surface area contributed by atoms with Gasteiger partial charge >= 0.3 is 0 Å². The molecule has 2 rings (SSSR count). The second kappa shape index (κ2) is 4.66. The van der Waals surface area contributed by atoms with Gasteiger partial charge in [0.05, 0.1) is 12.2 Å². The van der Waals surface area contributed by atoms with E-state index >= 15 is 0 Å². The SMILES string of the molecule is Cc1nn(Cc2ccc(Br)cc2F)c(N)c1Cl. The number of hydrogen-bond donors (Lipinski definition) is 1. The standard InChI is InChI=1S/C11H10BrClFN3/c1-6-10(13)11(15)17(16-6)5-7-2-3-8(12)4-9(7)14/h2-4H,5,15H2,1H3. The molecule has 3 nitrogen and oxygen atoms in total. The van der Waals surface area contributed by atoms with Crippen LogP contribution in [0.4, 0.5) is 10.2 Å². The summed E-state index contributed by atoms with van der Waals surface area (Å²) in [5.41, 5.74) is 6.92. The summed E-state index contributed by atoms with van der Waals surface area (Å²) in [6, 6.07) is 4.86. The number of anilines is 1. The van der Waals surface area contributed by atoms with Crippen molar-refractivity contribution in [2.24, 2.45) is 0 Å². The highest BCUT2D eigenvalue weighted by atomic mass is 79.9. The van der Waals surface area contributed by atoms with Gasteiger partial charge in [-0.1, -0.05) is 33.6 Å². The summed E-state index contributed by atoms with van der Waals surface area (Å²) < 4.78 is 15.8. The van der Waals surface area contributed by atoms with E-state index in [9.17, 15) is 4.39 Å². The summed E-state index contributed by atoms with van der Waals surface area (Å²) in [6.45, 7) is 2.02. The molecule has 0 fully saturated rings. The van der Waals surface area contributed by atoms with E-state index in [-0.39, 0.29) is 12.4 Å². The maximum absolute atomic E-state index is 13.6. The third kappa shape index (κ3) is 2.45. The molecule has 0 amide bonds. The van der Waals surface area contributed by atoms with E-state index in [2.05, 4.69) is 21.0 Å². The zero-order chi connectivity index (χ0) is 12.6. The van der Waals surface area contributed by atoms with Crippen molar-refractivity contribution in [2.75, 3.05) is 5.73 Å². The Bertz CT molecular complexity index is 568. The highest BCUT2D eigenvalue weighted by Crippen LogP contribution is 2.24. The minimum atomic E-state index is -0.303. The van der Waals surface area contributed by atoms with Gasteiger partial charge in [-0.25, -0.2) is 9.07 Å². The molecule has 0 saturated heterocycles. The quantitative estimate of drug-likeness (QED) is 0.922. The maximum Gasteiger partial charge on any atom is 0.141 e. The molecule has 0 atom stereocenters. The van der Waals surface area contributed by atoms with Crippen LogP contribution in [0.3, 0.4) is 0 Å². The lowest BCUT2D eigenvalue weighted by Gasteiger charge is -2.06. The number of nitrogens with two attached hydrogens (primary N) is 1. The van der Waals surface area contributed by atoms with Crippen molar-refractivity contribution in [3.63, 3.8) is 0 Å². The van der Waals surface area contributed by atoms with E-state index in [1.807, 2.05) is 0 Å². The molecule has 1 aromatic carbocycles. The predicted octanol–water partition coefficient (Wildman–Crippen LogP) is 3.38. The number of aryl methyl sites for hydroxylation is 1. The number of rotatable bonds is 2. The Morgan fingerprint density at radius 3 is 2.76 bits per heavy atom. The molecule has 2 aromatic rings. The van der Waals surface area contributed by atoms with Crippen LogP contribution in [0, 0.1) is 12.7 Å². The van der Waals surface area contributed by atoms with Gasteiger partial charge in [0.1, 0.15) is 16.7 Å². The molecule has 0 saturated carbocycles. The van der Waals surface area contributed by atoms with E-state index in [0.29, 0.717) is 26.6 Å². The third-order valence-electron chi connectivity index (χ3n) is 2.43. The van der Waals surface area contributed by atoms with Crippen LogP contribution in [0.15, 0.2) is 22.7 Å². The lowest BCUT2D eigenvalue weighted by Crippen LogP contribution is -2.07. The molecule has 90 valence electrons. The highest BCUT2D eigenvalue weighted by Gasteiger charge is 2.12. The van der Waals surface area contributed by atoms with Crippen molar-refractivity contribution in [3.05, 3.63) is 44.8 Å². The Balaban J connectivity index is 2.34. The Hall–Kier alpha value is -1.07. The molecular formula is C11H10BrClFN3. The molecule has 0 bridgehead atoms. The number of nitrogen functional groups attached to an aromatic ring is 1. The Morgan fingerprint density at radius 2 is 2.24 bits per heavy atom. The molecule has 0 spiro atoms. The predicted molar refractivity (Wildman–Crippen MR) is 69.6 cm³/mol. The third-order valence-corrected chi connectivity index (χ3v) is 3.39. The summed E-state index contributed by atoms with van der Waals surface area (Å²) >= 11 is 9.12. The van der Waals surface area contributed by atoms with E-state index < -0.39 is 0 Å². The Labute approximate surface area is 112 Å². The molecule has 0 radical (unpaired) electrons. The monoisotopic (exact) mass is 317 g/mol. The summed E-state index contributed by atoms with van der Waals surface area (Å²) in [5.74, 6) is 0.0505. The van der Waals surface area contributed by atoms with Gasteiger partial charge in [0.25, 0.3) is 0 Å². The second-order valence-electron chi connectivity index (χ2n) is 3.68. The molecule has 0 aliphatic heterocycles. The normalized spacial score (nSPS) is 10.8. The van der Waals surface area contributed by atoms with Crippen molar-refractivity contribution < 1.29 is 4.39 Å². The number of nitrogens with zero attached hydrogens (tertiary/aromatic N) is 2. The van der Waals surface area contributed by atoms with E-state index in [1.54, 1.807) is 19.1 Å². The summed E-state index contributed by atoms with van der Waals surface area (Å²) in [6.07, 6.45) is 0. The zero-order valence-corrected chi connectivity index (χ0v) is 11.4. The van der Waals surface area contributed by atoms with Gasteiger partial charge in [0.2, 0.25) is 0 Å². The summed E-state index contributed by atoms with van der Waals surface area (Å²) in [5, 5.41) is 4.57. The van der Waals surface area contributed by atoms with Gasteiger partial charge < -0.3 is 5.73 Å². The number of benzene rings is 1. The fraction of sp³-hybridized carbons (Fsp3) is 0.182. The van der Waals surface area contributed by atoms with Crippen molar-refractivity contribution in [1.29, 1.82) is 0 Å². The van der Waals surface area contributed by atoms with Crippen molar-refractivity contribution in [2.45, 2.75) is 13.5 Å². The van der Waals surface area contributed by atoms with Gasteiger partial charge in [-0.3, -0.25) is 0 Å². The molecule has 0 aliphatic rings. The van der Waals surface area contributed by atoms with Gasteiger partial charge in [0.15, 0.2) is 0 Å². The zero-order valence-electron chi connectivity index (χ0n) is 9.04. The van der Waals surface area contributed by atoms with Gasteiger partial charge in [0, 0.05) is 10.0 Å². The lowest BCUT2D eigenvalue weighted by molar-refractivity contribution is 0.585. The molecule has 1 aromatic heterocycles. The summed E-state index contributed by atoms with van der Waals surface area (Å²) in [7, 11) is 0. The van der Waals surface area contributed by atoms with E-state index in [1.165, 1.54) is 10.7 Å². The number of aromatic nitrogens is 2.